The van der Waals surface area contributed by atoms with Gasteiger partial charge in [-0.2, -0.15) is 4.98 Å². The summed E-state index contributed by atoms with van der Waals surface area (Å²) in [6, 6.07) is 12.8. The van der Waals surface area contributed by atoms with E-state index in [0.29, 0.717) is 42.2 Å². The molecule has 0 unspecified atom stereocenters. The van der Waals surface area contributed by atoms with E-state index < -0.39 is 5.82 Å². The Kier molecular flexibility index (Phi) is 6.15. The first-order chi connectivity index (χ1) is 16.5. The van der Waals surface area contributed by atoms with Gasteiger partial charge in [0.25, 0.3) is 5.91 Å². The van der Waals surface area contributed by atoms with Crippen molar-refractivity contribution < 1.29 is 18.1 Å². The van der Waals surface area contributed by atoms with E-state index in [9.17, 15) is 9.18 Å². The summed E-state index contributed by atoms with van der Waals surface area (Å²) in [6.07, 6.45) is 1.60. The molecule has 7 nitrogen and oxygen atoms in total. The van der Waals surface area contributed by atoms with Gasteiger partial charge in [-0.15, -0.1) is 0 Å². The number of carbonyl (C=O) groups is 1. The minimum absolute atomic E-state index is 0.147. The van der Waals surface area contributed by atoms with Crippen LogP contribution in [0.5, 0.6) is 0 Å². The van der Waals surface area contributed by atoms with E-state index in [1.165, 1.54) is 11.6 Å². The standard InChI is InChI=1S/C26H27FN4O3/c1-17-8-10-19(11-9-17)25-28-22(34-29-25)7-4-12-30-13-15-31(16-14-30)26(32)23-18(2)20-5-3-6-21(27)24(20)33-23/h3,5-6,8-11H,4,7,12-16H2,1-2H3. The molecule has 0 bridgehead atoms. The van der Waals surface area contributed by atoms with Gasteiger partial charge in [0.2, 0.25) is 11.7 Å². The van der Waals surface area contributed by atoms with Crippen LogP contribution in [-0.2, 0) is 6.42 Å². The van der Waals surface area contributed by atoms with Crippen LogP contribution in [0, 0.1) is 19.7 Å². The Morgan fingerprint density at radius 2 is 1.82 bits per heavy atom. The maximum Gasteiger partial charge on any atom is 0.289 e. The molecule has 4 aromatic rings. The summed E-state index contributed by atoms with van der Waals surface area (Å²) in [4.78, 5) is 21.6. The molecule has 34 heavy (non-hydrogen) atoms. The molecule has 5 rings (SSSR count). The molecule has 1 aliphatic heterocycles. The van der Waals surface area contributed by atoms with Crippen LogP contribution in [0.4, 0.5) is 4.39 Å². The molecule has 3 heterocycles. The molecule has 8 heteroatoms. The van der Waals surface area contributed by atoms with Gasteiger partial charge in [0.05, 0.1) is 0 Å². The number of furan rings is 1. The third-order valence-electron chi connectivity index (χ3n) is 6.41. The third-order valence-corrected chi connectivity index (χ3v) is 6.41. The van der Waals surface area contributed by atoms with Crippen molar-refractivity contribution in [3.05, 3.63) is 71.1 Å². The van der Waals surface area contributed by atoms with E-state index in [0.717, 1.165) is 31.6 Å². The average molecular weight is 463 g/mol. The number of piperazine rings is 1. The predicted octanol–water partition coefficient (Wildman–Crippen LogP) is 4.63. The Morgan fingerprint density at radius 1 is 1.06 bits per heavy atom. The molecule has 2 aromatic heterocycles. The number of para-hydroxylation sites is 1. The van der Waals surface area contributed by atoms with Crippen LogP contribution < -0.4 is 0 Å². The lowest BCUT2D eigenvalue weighted by atomic mass is 10.1. The van der Waals surface area contributed by atoms with E-state index in [4.69, 9.17) is 8.94 Å². The number of carbonyl (C=O) groups excluding carboxylic acids is 1. The second-order valence-corrected chi connectivity index (χ2v) is 8.79. The van der Waals surface area contributed by atoms with Crippen LogP contribution in [-0.4, -0.2) is 58.6 Å². The topological polar surface area (TPSA) is 75.6 Å². The second-order valence-electron chi connectivity index (χ2n) is 8.79. The Bertz CT molecular complexity index is 1300. The first-order valence-corrected chi connectivity index (χ1v) is 11.6. The molecule has 0 atom stereocenters. The number of amides is 1. The maximum atomic E-state index is 14.0. The Morgan fingerprint density at radius 3 is 2.56 bits per heavy atom. The van der Waals surface area contributed by atoms with Crippen LogP contribution >= 0.6 is 0 Å². The minimum atomic E-state index is -0.447. The highest BCUT2D eigenvalue weighted by molar-refractivity contribution is 5.99. The molecular formula is C26H27FN4O3. The van der Waals surface area contributed by atoms with Crippen molar-refractivity contribution in [2.45, 2.75) is 26.7 Å². The van der Waals surface area contributed by atoms with Gasteiger partial charge in [0.1, 0.15) is 0 Å². The number of nitrogens with zero attached hydrogens (tertiary/aromatic N) is 4. The number of aryl methyl sites for hydroxylation is 3. The zero-order valence-corrected chi connectivity index (χ0v) is 19.4. The number of rotatable bonds is 6. The number of hydrogen-bond donors (Lipinski definition) is 0. The lowest BCUT2D eigenvalue weighted by Crippen LogP contribution is -2.48. The fraction of sp³-hybridized carbons (Fsp3) is 0.346. The number of aromatic nitrogens is 2. The fourth-order valence-corrected chi connectivity index (χ4v) is 4.36. The van der Waals surface area contributed by atoms with Crippen LogP contribution in [0.1, 0.15) is 34.0 Å². The van der Waals surface area contributed by atoms with Gasteiger partial charge in [-0.05, 0) is 32.9 Å². The minimum Gasteiger partial charge on any atom is -0.448 e. The van der Waals surface area contributed by atoms with Gasteiger partial charge in [0, 0.05) is 49.1 Å². The van der Waals surface area contributed by atoms with Crippen LogP contribution in [0.25, 0.3) is 22.4 Å². The van der Waals surface area contributed by atoms with Crippen molar-refractivity contribution in [3.63, 3.8) is 0 Å². The predicted molar refractivity (Wildman–Crippen MR) is 126 cm³/mol. The van der Waals surface area contributed by atoms with E-state index in [2.05, 4.69) is 15.0 Å². The van der Waals surface area contributed by atoms with E-state index >= 15 is 0 Å². The van der Waals surface area contributed by atoms with Crippen molar-refractivity contribution >= 4 is 16.9 Å². The van der Waals surface area contributed by atoms with Crippen LogP contribution in [0.15, 0.2) is 51.4 Å². The number of benzene rings is 2. The highest BCUT2D eigenvalue weighted by Gasteiger charge is 2.27. The highest BCUT2D eigenvalue weighted by atomic mass is 19.1. The second kappa shape index (κ2) is 9.38. The molecule has 1 aliphatic rings. The number of hydrogen-bond acceptors (Lipinski definition) is 6. The number of fused-ring (bicyclic) bond motifs is 1. The molecule has 1 amide bonds. The zero-order chi connectivity index (χ0) is 23.7. The van der Waals surface area contributed by atoms with Crippen molar-refractivity contribution in [1.82, 2.24) is 19.9 Å². The quantitative estimate of drug-likeness (QED) is 0.416. The average Bonchev–Trinajstić information content (AvgIpc) is 3.45. The molecule has 2 aromatic carbocycles. The first kappa shape index (κ1) is 22.3. The SMILES string of the molecule is Cc1ccc(-c2noc(CCCN3CCN(C(=O)c4oc5c(F)cccc5c4C)CC3)n2)cc1. The van der Waals surface area contributed by atoms with Crippen molar-refractivity contribution in [2.75, 3.05) is 32.7 Å². The van der Waals surface area contributed by atoms with Crippen LogP contribution in [0.3, 0.4) is 0 Å². The molecule has 0 saturated carbocycles. The lowest BCUT2D eigenvalue weighted by molar-refractivity contribution is 0.0606. The molecular weight excluding hydrogens is 435 g/mol. The van der Waals surface area contributed by atoms with Crippen LogP contribution in [0.2, 0.25) is 0 Å². The van der Waals surface area contributed by atoms with Gasteiger partial charge in [-0.25, -0.2) is 4.39 Å². The summed E-state index contributed by atoms with van der Waals surface area (Å²) in [6.45, 7) is 7.50. The normalized spacial score (nSPS) is 14.7. The van der Waals surface area contributed by atoms with Gasteiger partial charge < -0.3 is 13.8 Å². The number of halogens is 1. The lowest BCUT2D eigenvalue weighted by Gasteiger charge is -2.34. The molecule has 0 N–H and O–H groups in total. The Hall–Kier alpha value is -3.52. The molecule has 176 valence electrons. The smallest absolute Gasteiger partial charge is 0.289 e. The van der Waals surface area contributed by atoms with Gasteiger partial charge in [-0.3, -0.25) is 9.69 Å². The van der Waals surface area contributed by atoms with E-state index in [1.54, 1.807) is 24.0 Å². The van der Waals surface area contributed by atoms with Crippen molar-refractivity contribution in [3.8, 4) is 11.4 Å². The van der Waals surface area contributed by atoms with Gasteiger partial charge >= 0.3 is 0 Å². The molecule has 0 radical (unpaired) electrons. The highest BCUT2D eigenvalue weighted by Crippen LogP contribution is 2.28. The molecule has 0 aliphatic carbocycles. The van der Waals surface area contributed by atoms with E-state index in [1.807, 2.05) is 31.2 Å². The Labute approximate surface area is 197 Å². The summed E-state index contributed by atoms with van der Waals surface area (Å²) in [7, 11) is 0. The first-order valence-electron chi connectivity index (χ1n) is 11.6. The van der Waals surface area contributed by atoms with Crippen molar-refractivity contribution in [2.24, 2.45) is 0 Å². The van der Waals surface area contributed by atoms with Gasteiger partial charge in [-0.1, -0.05) is 47.1 Å². The zero-order valence-electron chi connectivity index (χ0n) is 19.4. The molecule has 1 saturated heterocycles. The largest absolute Gasteiger partial charge is 0.448 e. The van der Waals surface area contributed by atoms with Gasteiger partial charge in [0.15, 0.2) is 17.2 Å². The molecule has 1 fully saturated rings. The molecule has 0 spiro atoms. The summed E-state index contributed by atoms with van der Waals surface area (Å²) >= 11 is 0. The Balaban J connectivity index is 1.12. The summed E-state index contributed by atoms with van der Waals surface area (Å²) in [5, 5.41) is 4.74. The summed E-state index contributed by atoms with van der Waals surface area (Å²) in [5.41, 5.74) is 2.97. The van der Waals surface area contributed by atoms with E-state index in [-0.39, 0.29) is 17.3 Å². The third kappa shape index (κ3) is 4.46. The monoisotopic (exact) mass is 462 g/mol. The summed E-state index contributed by atoms with van der Waals surface area (Å²) in [5.74, 6) is 0.855. The maximum absolute atomic E-state index is 14.0. The van der Waals surface area contributed by atoms with Crippen molar-refractivity contribution in [1.29, 1.82) is 0 Å². The fourth-order valence-electron chi connectivity index (χ4n) is 4.36. The summed E-state index contributed by atoms with van der Waals surface area (Å²) < 4.78 is 25.1.